The number of amides is 2. The number of anilines is 3. The monoisotopic (exact) mass is 515 g/mol. The van der Waals surface area contributed by atoms with Crippen molar-refractivity contribution in [3.8, 4) is 22.8 Å². The summed E-state index contributed by atoms with van der Waals surface area (Å²) in [4.78, 5) is 21.6. The first-order valence-corrected chi connectivity index (χ1v) is 12.4. The molecule has 0 saturated carbocycles. The van der Waals surface area contributed by atoms with Gasteiger partial charge in [-0.25, -0.2) is 9.18 Å². The predicted octanol–water partition coefficient (Wildman–Crippen LogP) is 5.12. The van der Waals surface area contributed by atoms with Crippen molar-refractivity contribution in [3.05, 3.63) is 78.5 Å². The fourth-order valence-corrected chi connectivity index (χ4v) is 4.35. The standard InChI is InChI=1S/C28H30FN7O2/c1-19-12-22(14-23(13-19)36-10-8-34(2)9-11-36)33-28(37)32-21-4-5-27(25(29)15-21)38-24-6-7-30-26(16-24)20-17-31-35(3)18-20/h4-7,12-18H,8-11H2,1-3H3,(H2,32,33,37). The van der Waals surface area contributed by atoms with Gasteiger partial charge in [0.05, 0.1) is 11.9 Å². The highest BCUT2D eigenvalue weighted by Crippen LogP contribution is 2.29. The van der Waals surface area contributed by atoms with Crippen molar-refractivity contribution in [2.24, 2.45) is 7.05 Å². The molecule has 1 fully saturated rings. The summed E-state index contributed by atoms with van der Waals surface area (Å²) in [5, 5.41) is 9.70. The molecule has 0 spiro atoms. The molecule has 4 aromatic rings. The van der Waals surface area contributed by atoms with Crippen LogP contribution in [0.4, 0.5) is 26.2 Å². The molecule has 1 aliphatic heterocycles. The first kappa shape index (κ1) is 25.2. The van der Waals surface area contributed by atoms with Gasteiger partial charge < -0.3 is 25.2 Å². The van der Waals surface area contributed by atoms with Crippen LogP contribution in [0.15, 0.2) is 67.1 Å². The van der Waals surface area contributed by atoms with Crippen LogP contribution >= 0.6 is 0 Å². The Labute approximate surface area is 220 Å². The van der Waals surface area contributed by atoms with Crippen molar-refractivity contribution in [2.75, 3.05) is 48.8 Å². The third kappa shape index (κ3) is 6.09. The number of carbonyl (C=O) groups excluding carboxylic acids is 1. The summed E-state index contributed by atoms with van der Waals surface area (Å²) in [6, 6.07) is 13.2. The molecule has 9 nitrogen and oxygen atoms in total. The number of nitrogens with one attached hydrogen (secondary N) is 2. The minimum Gasteiger partial charge on any atom is -0.454 e. The number of aryl methyl sites for hydroxylation is 2. The van der Waals surface area contributed by atoms with E-state index >= 15 is 0 Å². The Balaban J connectivity index is 1.22. The summed E-state index contributed by atoms with van der Waals surface area (Å²) in [6.45, 7) is 5.86. The van der Waals surface area contributed by atoms with Gasteiger partial charge in [-0.1, -0.05) is 0 Å². The largest absolute Gasteiger partial charge is 0.454 e. The molecule has 10 heteroatoms. The van der Waals surface area contributed by atoms with E-state index in [9.17, 15) is 9.18 Å². The SMILES string of the molecule is Cc1cc(NC(=O)Nc2ccc(Oc3ccnc(-c4cnn(C)c4)c3)c(F)c2)cc(N2CCN(C)CC2)c1. The van der Waals surface area contributed by atoms with E-state index in [1.807, 2.05) is 32.3 Å². The van der Waals surface area contributed by atoms with Gasteiger partial charge in [-0.15, -0.1) is 0 Å². The number of ether oxygens (including phenoxy) is 1. The highest BCUT2D eigenvalue weighted by atomic mass is 19.1. The second-order valence-corrected chi connectivity index (χ2v) is 9.45. The van der Waals surface area contributed by atoms with Crippen molar-refractivity contribution < 1.29 is 13.9 Å². The van der Waals surface area contributed by atoms with Crippen LogP contribution in [0.3, 0.4) is 0 Å². The highest BCUT2D eigenvalue weighted by Gasteiger charge is 2.16. The van der Waals surface area contributed by atoms with Crippen LogP contribution < -0.4 is 20.3 Å². The lowest BCUT2D eigenvalue weighted by Gasteiger charge is -2.34. The van der Waals surface area contributed by atoms with Gasteiger partial charge in [-0.2, -0.15) is 5.10 Å². The molecule has 2 aromatic heterocycles. The molecule has 0 radical (unpaired) electrons. The topological polar surface area (TPSA) is 87.5 Å². The van der Waals surface area contributed by atoms with Crippen LogP contribution in [0.2, 0.25) is 0 Å². The second kappa shape index (κ2) is 10.9. The molecule has 5 rings (SSSR count). The van der Waals surface area contributed by atoms with E-state index in [2.05, 4.69) is 43.6 Å². The Bertz CT molecular complexity index is 1450. The molecule has 0 bridgehead atoms. The zero-order chi connectivity index (χ0) is 26.6. The fourth-order valence-electron chi connectivity index (χ4n) is 4.35. The molecule has 2 aromatic carbocycles. The zero-order valence-corrected chi connectivity index (χ0v) is 21.6. The minimum absolute atomic E-state index is 0.0368. The number of likely N-dealkylation sites (N-methyl/N-ethyl adjacent to an activating group) is 1. The highest BCUT2D eigenvalue weighted by molar-refractivity contribution is 6.00. The lowest BCUT2D eigenvalue weighted by atomic mass is 10.1. The Morgan fingerprint density at radius 1 is 0.974 bits per heavy atom. The Morgan fingerprint density at radius 3 is 2.50 bits per heavy atom. The maximum Gasteiger partial charge on any atom is 0.323 e. The van der Waals surface area contributed by atoms with Crippen LogP contribution in [-0.4, -0.2) is 58.9 Å². The summed E-state index contributed by atoms with van der Waals surface area (Å²) >= 11 is 0. The van der Waals surface area contributed by atoms with Gasteiger partial charge in [0, 0.05) is 80.4 Å². The molecule has 1 saturated heterocycles. The number of pyridine rings is 1. The smallest absolute Gasteiger partial charge is 0.323 e. The molecule has 2 amide bonds. The molecule has 1 aliphatic rings. The number of halogens is 1. The number of urea groups is 1. The summed E-state index contributed by atoms with van der Waals surface area (Å²) in [7, 11) is 3.94. The summed E-state index contributed by atoms with van der Waals surface area (Å²) in [5.41, 5.74) is 4.60. The lowest BCUT2D eigenvalue weighted by molar-refractivity contribution is 0.262. The van der Waals surface area contributed by atoms with Gasteiger partial charge >= 0.3 is 6.03 Å². The van der Waals surface area contributed by atoms with Crippen molar-refractivity contribution in [2.45, 2.75) is 6.92 Å². The van der Waals surface area contributed by atoms with Gasteiger partial charge in [0.1, 0.15) is 5.75 Å². The maximum atomic E-state index is 14.8. The average molecular weight is 516 g/mol. The summed E-state index contributed by atoms with van der Waals surface area (Å²) < 4.78 is 22.3. The number of aromatic nitrogens is 3. The van der Waals surface area contributed by atoms with Crippen LogP contribution in [-0.2, 0) is 7.05 Å². The average Bonchev–Trinajstić information content (AvgIpc) is 3.32. The Morgan fingerprint density at radius 2 is 1.76 bits per heavy atom. The van der Waals surface area contributed by atoms with Crippen molar-refractivity contribution in [1.29, 1.82) is 0 Å². The van der Waals surface area contributed by atoms with E-state index in [-0.39, 0.29) is 5.75 Å². The number of hydrogen-bond acceptors (Lipinski definition) is 6. The molecule has 196 valence electrons. The lowest BCUT2D eigenvalue weighted by Crippen LogP contribution is -2.44. The van der Waals surface area contributed by atoms with Gasteiger partial charge in [-0.05, 0) is 55.9 Å². The van der Waals surface area contributed by atoms with Crippen LogP contribution in [0.1, 0.15) is 5.56 Å². The van der Waals surface area contributed by atoms with Gasteiger partial charge in [-0.3, -0.25) is 9.67 Å². The van der Waals surface area contributed by atoms with Crippen molar-refractivity contribution in [3.63, 3.8) is 0 Å². The van der Waals surface area contributed by atoms with E-state index in [0.717, 1.165) is 43.0 Å². The van der Waals surface area contributed by atoms with Crippen LogP contribution in [0, 0.1) is 12.7 Å². The molecule has 38 heavy (non-hydrogen) atoms. The van der Waals surface area contributed by atoms with Gasteiger partial charge in [0.15, 0.2) is 11.6 Å². The van der Waals surface area contributed by atoms with Crippen LogP contribution in [0.25, 0.3) is 11.3 Å². The molecule has 0 unspecified atom stereocenters. The van der Waals surface area contributed by atoms with Gasteiger partial charge in [0.2, 0.25) is 0 Å². The number of piperazine rings is 1. The first-order chi connectivity index (χ1) is 18.3. The Kier molecular flexibility index (Phi) is 7.23. The van der Waals surface area contributed by atoms with Crippen molar-refractivity contribution in [1.82, 2.24) is 19.7 Å². The predicted molar refractivity (Wildman–Crippen MR) is 146 cm³/mol. The summed E-state index contributed by atoms with van der Waals surface area (Å²) in [6.07, 6.45) is 5.13. The molecule has 3 heterocycles. The molecule has 2 N–H and O–H groups in total. The number of hydrogen-bond donors (Lipinski definition) is 2. The van der Waals surface area contributed by atoms with E-state index in [4.69, 9.17) is 4.74 Å². The third-order valence-electron chi connectivity index (χ3n) is 6.34. The van der Waals surface area contributed by atoms with Crippen molar-refractivity contribution >= 4 is 23.1 Å². The first-order valence-electron chi connectivity index (χ1n) is 12.4. The normalized spacial score (nSPS) is 13.8. The van der Waals surface area contributed by atoms with E-state index in [0.29, 0.717) is 22.8 Å². The molecule has 0 atom stereocenters. The van der Waals surface area contributed by atoms with E-state index in [1.165, 1.54) is 12.1 Å². The number of benzene rings is 2. The third-order valence-corrected chi connectivity index (χ3v) is 6.34. The van der Waals surface area contributed by atoms with Gasteiger partial charge in [0.25, 0.3) is 0 Å². The minimum atomic E-state index is -0.601. The van der Waals surface area contributed by atoms with Crippen LogP contribution in [0.5, 0.6) is 11.5 Å². The Hall–Kier alpha value is -4.44. The zero-order valence-electron chi connectivity index (χ0n) is 21.6. The fraction of sp³-hybridized carbons (Fsp3) is 0.250. The van der Waals surface area contributed by atoms with E-state index < -0.39 is 11.8 Å². The van der Waals surface area contributed by atoms with E-state index in [1.54, 1.807) is 35.3 Å². The number of carbonyl (C=O) groups is 1. The summed E-state index contributed by atoms with van der Waals surface area (Å²) in [5.74, 6) is -0.128. The number of nitrogens with zero attached hydrogens (tertiary/aromatic N) is 5. The molecule has 0 aliphatic carbocycles. The molecular weight excluding hydrogens is 485 g/mol. The second-order valence-electron chi connectivity index (χ2n) is 9.45. The quantitative estimate of drug-likeness (QED) is 0.371. The number of rotatable bonds is 6. The maximum absolute atomic E-state index is 14.8. The molecular formula is C28H30FN7O2.